The smallest absolute Gasteiger partial charge is 0.423 e. The standard InChI is InChI=1S/C14H11BO3/c1-8-2-4-10-12-7-9(15(17)18)3-5-11(12)14(16)13(10)6-8/h2-7,17-18H,1H3. The van der Waals surface area contributed by atoms with E-state index in [4.69, 9.17) is 0 Å². The molecule has 1 aliphatic carbocycles. The predicted octanol–water partition coefficient (Wildman–Crippen LogP) is 0.886. The molecule has 0 radical (unpaired) electrons. The Labute approximate surface area is 105 Å². The minimum Gasteiger partial charge on any atom is -0.423 e. The molecular weight excluding hydrogens is 227 g/mol. The molecule has 0 saturated heterocycles. The summed E-state index contributed by atoms with van der Waals surface area (Å²) >= 11 is 0. The Morgan fingerprint density at radius 1 is 0.889 bits per heavy atom. The van der Waals surface area contributed by atoms with Crippen molar-refractivity contribution in [1.29, 1.82) is 0 Å². The van der Waals surface area contributed by atoms with E-state index in [2.05, 4.69) is 0 Å². The number of rotatable bonds is 1. The lowest BCUT2D eigenvalue weighted by Crippen LogP contribution is -2.29. The summed E-state index contributed by atoms with van der Waals surface area (Å²) in [4.78, 5) is 12.2. The molecule has 2 aromatic rings. The molecule has 0 spiro atoms. The molecule has 2 aromatic carbocycles. The fourth-order valence-electron chi connectivity index (χ4n) is 2.37. The Kier molecular flexibility index (Phi) is 2.36. The average Bonchev–Trinajstić information content (AvgIpc) is 2.62. The third-order valence-corrected chi connectivity index (χ3v) is 3.30. The van der Waals surface area contributed by atoms with Gasteiger partial charge >= 0.3 is 7.12 Å². The SMILES string of the molecule is Cc1ccc2c(c1)C(=O)c1ccc(B(O)O)cc1-2. The van der Waals surface area contributed by atoms with Crippen LogP contribution in [0.15, 0.2) is 36.4 Å². The van der Waals surface area contributed by atoms with Gasteiger partial charge in [-0.15, -0.1) is 0 Å². The number of carbonyl (C=O) groups excluding carboxylic acids is 1. The summed E-state index contributed by atoms with van der Waals surface area (Å²) in [5.41, 5.74) is 4.39. The van der Waals surface area contributed by atoms with Crippen molar-refractivity contribution in [2.24, 2.45) is 0 Å². The summed E-state index contributed by atoms with van der Waals surface area (Å²) in [5.74, 6) is 0.00248. The van der Waals surface area contributed by atoms with Gasteiger partial charge in [0.2, 0.25) is 0 Å². The molecule has 3 rings (SSSR count). The first-order chi connectivity index (χ1) is 8.58. The second-order valence-electron chi connectivity index (χ2n) is 4.56. The molecule has 0 aliphatic heterocycles. The highest BCUT2D eigenvalue weighted by Crippen LogP contribution is 2.36. The number of carbonyl (C=O) groups is 1. The Balaban J connectivity index is 2.26. The number of ketones is 1. The molecule has 0 atom stereocenters. The van der Waals surface area contributed by atoms with Crippen molar-refractivity contribution in [2.45, 2.75) is 6.92 Å². The Bertz CT molecular complexity index is 662. The van der Waals surface area contributed by atoms with Gasteiger partial charge in [0, 0.05) is 11.1 Å². The molecule has 0 bridgehead atoms. The van der Waals surface area contributed by atoms with Gasteiger partial charge in [0.1, 0.15) is 0 Å². The third kappa shape index (κ3) is 1.50. The number of fused-ring (bicyclic) bond motifs is 3. The second-order valence-corrected chi connectivity index (χ2v) is 4.56. The molecule has 18 heavy (non-hydrogen) atoms. The summed E-state index contributed by atoms with van der Waals surface area (Å²) in [6, 6.07) is 10.6. The van der Waals surface area contributed by atoms with E-state index < -0.39 is 7.12 Å². The molecule has 88 valence electrons. The van der Waals surface area contributed by atoms with Gasteiger partial charge in [0.05, 0.1) is 0 Å². The van der Waals surface area contributed by atoms with Crippen LogP contribution in [-0.4, -0.2) is 22.9 Å². The van der Waals surface area contributed by atoms with Crippen LogP contribution in [-0.2, 0) is 0 Å². The third-order valence-electron chi connectivity index (χ3n) is 3.30. The number of hydrogen-bond donors (Lipinski definition) is 2. The van der Waals surface area contributed by atoms with Gasteiger partial charge < -0.3 is 10.0 Å². The van der Waals surface area contributed by atoms with Gasteiger partial charge in [0.15, 0.2) is 5.78 Å². The first-order valence-corrected chi connectivity index (χ1v) is 5.74. The van der Waals surface area contributed by atoms with Crippen molar-refractivity contribution >= 4 is 18.4 Å². The van der Waals surface area contributed by atoms with E-state index in [0.717, 1.165) is 16.7 Å². The maximum Gasteiger partial charge on any atom is 0.488 e. The van der Waals surface area contributed by atoms with Crippen LogP contribution in [0.25, 0.3) is 11.1 Å². The molecule has 0 heterocycles. The van der Waals surface area contributed by atoms with Gasteiger partial charge in [0.25, 0.3) is 0 Å². The van der Waals surface area contributed by atoms with Crippen LogP contribution in [0.1, 0.15) is 21.5 Å². The van der Waals surface area contributed by atoms with Crippen LogP contribution < -0.4 is 5.46 Å². The first kappa shape index (κ1) is 11.2. The summed E-state index contributed by atoms with van der Waals surface area (Å²) < 4.78 is 0. The van der Waals surface area contributed by atoms with Crippen LogP contribution in [0.4, 0.5) is 0 Å². The second kappa shape index (κ2) is 3.80. The van der Waals surface area contributed by atoms with Crippen molar-refractivity contribution in [1.82, 2.24) is 0 Å². The average molecular weight is 238 g/mol. The highest BCUT2D eigenvalue weighted by Gasteiger charge is 2.27. The Morgan fingerprint density at radius 2 is 1.61 bits per heavy atom. The van der Waals surface area contributed by atoms with E-state index in [1.807, 2.05) is 25.1 Å². The maximum absolute atomic E-state index is 12.2. The summed E-state index contributed by atoms with van der Waals surface area (Å²) in [7, 11) is -1.51. The minimum absolute atomic E-state index is 0.00248. The molecule has 0 unspecified atom stereocenters. The summed E-state index contributed by atoms with van der Waals surface area (Å²) in [5, 5.41) is 18.4. The van der Waals surface area contributed by atoms with E-state index in [9.17, 15) is 14.8 Å². The van der Waals surface area contributed by atoms with Gasteiger partial charge in [-0.3, -0.25) is 4.79 Å². The van der Waals surface area contributed by atoms with E-state index in [1.165, 1.54) is 0 Å². The van der Waals surface area contributed by atoms with Crippen LogP contribution in [0.5, 0.6) is 0 Å². The van der Waals surface area contributed by atoms with E-state index in [0.29, 0.717) is 16.6 Å². The number of aryl methyl sites for hydroxylation is 1. The van der Waals surface area contributed by atoms with E-state index in [1.54, 1.807) is 18.2 Å². The molecule has 3 nitrogen and oxygen atoms in total. The van der Waals surface area contributed by atoms with Crippen LogP contribution in [0.2, 0.25) is 0 Å². The lowest BCUT2D eigenvalue weighted by Gasteiger charge is -2.04. The number of hydrogen-bond acceptors (Lipinski definition) is 3. The van der Waals surface area contributed by atoms with Crippen LogP contribution in [0.3, 0.4) is 0 Å². The summed E-state index contributed by atoms with van der Waals surface area (Å²) in [6.07, 6.45) is 0. The van der Waals surface area contributed by atoms with E-state index in [-0.39, 0.29) is 5.78 Å². The van der Waals surface area contributed by atoms with Crippen LogP contribution in [0, 0.1) is 6.92 Å². The van der Waals surface area contributed by atoms with Gasteiger partial charge in [-0.05, 0) is 29.6 Å². The molecular formula is C14H11BO3. The monoisotopic (exact) mass is 238 g/mol. The van der Waals surface area contributed by atoms with E-state index >= 15 is 0 Å². The van der Waals surface area contributed by atoms with Gasteiger partial charge in [-0.2, -0.15) is 0 Å². The number of benzene rings is 2. The molecule has 0 amide bonds. The lowest BCUT2D eigenvalue weighted by atomic mass is 9.79. The topological polar surface area (TPSA) is 57.5 Å². The molecule has 1 aliphatic rings. The maximum atomic E-state index is 12.2. The zero-order valence-corrected chi connectivity index (χ0v) is 9.84. The van der Waals surface area contributed by atoms with Crippen molar-refractivity contribution in [3.63, 3.8) is 0 Å². The fraction of sp³-hybridized carbons (Fsp3) is 0.0714. The molecule has 0 fully saturated rings. The first-order valence-electron chi connectivity index (χ1n) is 5.74. The van der Waals surface area contributed by atoms with Crippen molar-refractivity contribution in [2.75, 3.05) is 0 Å². The van der Waals surface area contributed by atoms with Crippen molar-refractivity contribution in [3.05, 3.63) is 53.1 Å². The highest BCUT2D eigenvalue weighted by molar-refractivity contribution is 6.58. The zero-order chi connectivity index (χ0) is 12.9. The Morgan fingerprint density at radius 3 is 2.33 bits per heavy atom. The van der Waals surface area contributed by atoms with Gasteiger partial charge in [-0.1, -0.05) is 35.9 Å². The van der Waals surface area contributed by atoms with Crippen LogP contribution >= 0.6 is 0 Å². The normalized spacial score (nSPS) is 12.3. The fourth-order valence-corrected chi connectivity index (χ4v) is 2.37. The highest BCUT2D eigenvalue weighted by atomic mass is 16.4. The zero-order valence-electron chi connectivity index (χ0n) is 9.84. The largest absolute Gasteiger partial charge is 0.488 e. The lowest BCUT2D eigenvalue weighted by molar-refractivity contribution is 0.104. The van der Waals surface area contributed by atoms with Gasteiger partial charge in [-0.25, -0.2) is 0 Å². The van der Waals surface area contributed by atoms with Crippen molar-refractivity contribution in [3.8, 4) is 11.1 Å². The molecule has 0 aromatic heterocycles. The quantitative estimate of drug-likeness (QED) is 0.619. The summed E-state index contributed by atoms with van der Waals surface area (Å²) in [6.45, 7) is 1.94. The Hall–Kier alpha value is -1.91. The molecule has 0 saturated carbocycles. The molecule has 2 N–H and O–H groups in total. The minimum atomic E-state index is -1.51. The molecule has 4 heteroatoms. The predicted molar refractivity (Wildman–Crippen MR) is 69.9 cm³/mol. The van der Waals surface area contributed by atoms with Crippen molar-refractivity contribution < 1.29 is 14.8 Å².